The standard InChI is InChI=1S/C40H78N4/c1-3-5-7-9-11-13-15-17-19-21-25-41-29-35-43(36-30-41,37-31-41)27-23-24-28-44-38-32-42(33-39-44,34-40-44)26-22-20-18-16-14-12-10-8-6-4-2/h3-22,25-40H2,1-2H3/q+4. The first-order valence-corrected chi connectivity index (χ1v) is 20.4. The third-order valence-corrected chi connectivity index (χ3v) is 13.2. The highest BCUT2D eigenvalue weighted by molar-refractivity contribution is 5.00. The maximum atomic E-state index is 3.77. The van der Waals surface area contributed by atoms with Gasteiger partial charge in [-0.3, -0.25) is 8.97 Å². The van der Waals surface area contributed by atoms with E-state index < -0.39 is 0 Å². The Morgan fingerprint density at radius 2 is 0.523 bits per heavy atom. The summed E-state index contributed by atoms with van der Waals surface area (Å²) in [5.74, 6) is 7.54. The van der Waals surface area contributed by atoms with Crippen LogP contribution in [-0.2, 0) is 0 Å². The molecule has 6 rings (SSSR count). The summed E-state index contributed by atoms with van der Waals surface area (Å²) in [7, 11) is 0. The van der Waals surface area contributed by atoms with Crippen molar-refractivity contribution in [1.29, 1.82) is 0 Å². The van der Waals surface area contributed by atoms with Crippen molar-refractivity contribution in [3.8, 4) is 11.8 Å². The quantitative estimate of drug-likeness (QED) is 0.0585. The maximum absolute atomic E-state index is 3.77. The van der Waals surface area contributed by atoms with Gasteiger partial charge in [-0.15, -0.1) is 0 Å². The minimum atomic E-state index is 1.14. The van der Waals surface area contributed by atoms with Crippen LogP contribution in [0.2, 0.25) is 0 Å². The molecule has 6 aliphatic rings. The van der Waals surface area contributed by atoms with Crippen LogP contribution in [0.1, 0.15) is 142 Å². The number of unbranched alkanes of at least 4 members (excludes halogenated alkanes) is 18. The lowest BCUT2D eigenvalue weighted by atomic mass is 10.0. The van der Waals surface area contributed by atoms with Gasteiger partial charge in [-0.2, -0.15) is 0 Å². The van der Waals surface area contributed by atoms with Gasteiger partial charge in [-0.25, -0.2) is 0 Å². The van der Waals surface area contributed by atoms with Gasteiger partial charge in [0.15, 0.2) is 0 Å². The third-order valence-electron chi connectivity index (χ3n) is 13.2. The molecule has 6 aliphatic heterocycles. The van der Waals surface area contributed by atoms with Gasteiger partial charge in [0.1, 0.15) is 91.6 Å². The highest BCUT2D eigenvalue weighted by atomic mass is 15.5. The highest BCUT2D eigenvalue weighted by Crippen LogP contribution is 2.29. The Kier molecular flexibility index (Phi) is 15.9. The molecular weight excluding hydrogens is 536 g/mol. The minimum absolute atomic E-state index is 1.14. The van der Waals surface area contributed by atoms with E-state index in [4.69, 9.17) is 0 Å². The monoisotopic (exact) mass is 615 g/mol. The molecule has 0 aromatic heterocycles. The number of piperazine rings is 6. The molecule has 0 aromatic carbocycles. The number of quaternary nitrogens is 4. The molecule has 0 radical (unpaired) electrons. The highest BCUT2D eigenvalue weighted by Gasteiger charge is 2.49. The molecule has 6 saturated heterocycles. The second kappa shape index (κ2) is 19.3. The van der Waals surface area contributed by atoms with Gasteiger partial charge in [-0.05, 0) is 37.5 Å². The zero-order valence-corrected chi connectivity index (χ0v) is 30.2. The Balaban J connectivity index is 1.03. The van der Waals surface area contributed by atoms with Crippen molar-refractivity contribution in [3.05, 3.63) is 0 Å². The van der Waals surface area contributed by atoms with Crippen molar-refractivity contribution >= 4 is 0 Å². The number of hydrogen-bond acceptors (Lipinski definition) is 0. The Morgan fingerprint density at radius 3 is 0.795 bits per heavy atom. The molecule has 254 valence electrons. The summed E-state index contributed by atoms with van der Waals surface area (Å²) < 4.78 is 5.54. The van der Waals surface area contributed by atoms with E-state index in [2.05, 4.69) is 25.7 Å². The first kappa shape index (κ1) is 36.2. The number of rotatable bonds is 24. The van der Waals surface area contributed by atoms with Crippen molar-refractivity contribution in [2.75, 3.05) is 105 Å². The minimum Gasteiger partial charge on any atom is -0.310 e. The third kappa shape index (κ3) is 11.6. The molecule has 4 bridgehead atoms. The largest absolute Gasteiger partial charge is 0.310 e. The second-order valence-corrected chi connectivity index (χ2v) is 16.5. The van der Waals surface area contributed by atoms with E-state index in [1.54, 1.807) is 0 Å². The average Bonchev–Trinajstić information content (AvgIpc) is 3.07. The van der Waals surface area contributed by atoms with Crippen molar-refractivity contribution < 1.29 is 17.9 Å². The molecule has 0 unspecified atom stereocenters. The molecule has 6 heterocycles. The van der Waals surface area contributed by atoms with Crippen molar-refractivity contribution in [2.24, 2.45) is 0 Å². The Hall–Kier alpha value is -0.600. The van der Waals surface area contributed by atoms with Crippen LogP contribution in [0.3, 0.4) is 0 Å². The lowest BCUT2D eigenvalue weighted by molar-refractivity contribution is -1.08. The second-order valence-electron chi connectivity index (χ2n) is 16.5. The number of hydrogen-bond donors (Lipinski definition) is 0. The zero-order valence-electron chi connectivity index (χ0n) is 30.2. The molecule has 0 aliphatic carbocycles. The summed E-state index contributed by atoms with van der Waals surface area (Å²) in [4.78, 5) is 0. The van der Waals surface area contributed by atoms with Gasteiger partial charge in [0.25, 0.3) is 0 Å². The lowest BCUT2D eigenvalue weighted by Gasteiger charge is -2.55. The van der Waals surface area contributed by atoms with Crippen molar-refractivity contribution in [1.82, 2.24) is 0 Å². The average molecular weight is 615 g/mol. The SMILES string of the molecule is CCCCCCCCCCCC[N+]12CC[N+](CC#CC[N+]34CC[N+](CCCCCCCCCCCC)(CC3)CC4)(CC1)CC2. The molecule has 0 spiro atoms. The van der Waals surface area contributed by atoms with Crippen LogP contribution < -0.4 is 0 Å². The predicted octanol–water partition coefficient (Wildman–Crippen LogP) is 8.15. The normalized spacial score (nSPS) is 30.9. The molecule has 0 amide bonds. The van der Waals surface area contributed by atoms with E-state index in [1.807, 2.05) is 0 Å². The Labute approximate surface area is 276 Å². The van der Waals surface area contributed by atoms with Crippen LogP contribution in [0.4, 0.5) is 0 Å². The Morgan fingerprint density at radius 1 is 0.295 bits per heavy atom. The fourth-order valence-corrected chi connectivity index (χ4v) is 9.35. The van der Waals surface area contributed by atoms with E-state index in [-0.39, 0.29) is 0 Å². The van der Waals surface area contributed by atoms with E-state index >= 15 is 0 Å². The molecule has 0 atom stereocenters. The lowest BCUT2D eigenvalue weighted by Crippen LogP contribution is -2.75. The smallest absolute Gasteiger partial charge is 0.141 e. The summed E-state index contributed by atoms with van der Waals surface area (Å²) in [6, 6.07) is 0. The van der Waals surface area contributed by atoms with Crippen LogP contribution in [0.5, 0.6) is 0 Å². The van der Waals surface area contributed by atoms with E-state index in [0.29, 0.717) is 0 Å². The summed E-state index contributed by atoms with van der Waals surface area (Å²) in [5, 5.41) is 0. The van der Waals surface area contributed by atoms with Crippen molar-refractivity contribution in [3.63, 3.8) is 0 Å². The van der Waals surface area contributed by atoms with Gasteiger partial charge in [0, 0.05) is 0 Å². The van der Waals surface area contributed by atoms with Gasteiger partial charge < -0.3 is 8.97 Å². The van der Waals surface area contributed by atoms with E-state index in [9.17, 15) is 0 Å². The first-order chi connectivity index (χ1) is 21.6. The molecule has 0 aromatic rings. The van der Waals surface area contributed by atoms with E-state index in [1.165, 1.54) is 238 Å². The molecule has 4 heteroatoms. The van der Waals surface area contributed by atoms with Crippen LogP contribution >= 0.6 is 0 Å². The molecule has 0 saturated carbocycles. The van der Waals surface area contributed by atoms with E-state index in [0.717, 1.165) is 13.1 Å². The van der Waals surface area contributed by atoms with Gasteiger partial charge in [0.2, 0.25) is 0 Å². The maximum Gasteiger partial charge on any atom is 0.141 e. The predicted molar refractivity (Wildman–Crippen MR) is 190 cm³/mol. The first-order valence-electron chi connectivity index (χ1n) is 20.4. The molecule has 0 N–H and O–H groups in total. The summed E-state index contributed by atoms with van der Waals surface area (Å²) in [6.07, 6.45) is 29.2. The summed E-state index contributed by atoms with van der Waals surface area (Å²) in [6.45, 7) is 26.8. The van der Waals surface area contributed by atoms with Gasteiger partial charge in [0.05, 0.1) is 13.1 Å². The van der Waals surface area contributed by atoms with Gasteiger partial charge >= 0.3 is 0 Å². The Bertz CT molecular complexity index is 725. The number of fused-ring (bicyclic) bond motifs is 6. The van der Waals surface area contributed by atoms with Gasteiger partial charge in [-0.1, -0.05) is 117 Å². The van der Waals surface area contributed by atoms with Crippen LogP contribution in [0.15, 0.2) is 0 Å². The summed E-state index contributed by atoms with van der Waals surface area (Å²) >= 11 is 0. The molecule has 6 fully saturated rings. The zero-order chi connectivity index (χ0) is 30.9. The fraction of sp³-hybridized carbons (Fsp3) is 0.950. The van der Waals surface area contributed by atoms with Crippen LogP contribution in [-0.4, -0.2) is 123 Å². The fourth-order valence-electron chi connectivity index (χ4n) is 9.35. The van der Waals surface area contributed by atoms with Crippen LogP contribution in [0, 0.1) is 11.8 Å². The van der Waals surface area contributed by atoms with Crippen molar-refractivity contribution in [2.45, 2.75) is 142 Å². The topological polar surface area (TPSA) is 0 Å². The molecular formula is C40H78N4+4. The summed E-state index contributed by atoms with van der Waals surface area (Å²) in [5.41, 5.74) is 0. The molecule has 4 nitrogen and oxygen atoms in total. The molecule has 44 heavy (non-hydrogen) atoms. The number of nitrogens with zero attached hydrogens (tertiary/aromatic N) is 4. The van der Waals surface area contributed by atoms with Crippen LogP contribution in [0.25, 0.3) is 0 Å².